The Morgan fingerprint density at radius 3 is 2.70 bits per heavy atom. The van der Waals surface area contributed by atoms with Gasteiger partial charge in [0.15, 0.2) is 0 Å². The third-order valence-corrected chi connectivity index (χ3v) is 1.53. The van der Waals surface area contributed by atoms with Crippen molar-refractivity contribution >= 4 is 5.84 Å². The maximum atomic E-state index is 6.89. The van der Waals surface area contributed by atoms with Crippen molar-refractivity contribution in [1.82, 2.24) is 0 Å². The van der Waals surface area contributed by atoms with Crippen molar-refractivity contribution in [3.8, 4) is 0 Å². The van der Waals surface area contributed by atoms with Gasteiger partial charge in [0, 0.05) is 0 Å². The summed E-state index contributed by atoms with van der Waals surface area (Å²) in [4.78, 5) is 0. The summed E-state index contributed by atoms with van der Waals surface area (Å²) in [5, 5.41) is 6.89. The molecule has 3 N–H and O–H groups in total. The molecule has 0 bridgehead atoms. The average Bonchev–Trinajstić information content (AvgIpc) is 1.87. The van der Waals surface area contributed by atoms with Gasteiger partial charge in [0.25, 0.3) is 0 Å². The molecular weight excluding hydrogens is 124 g/mol. The van der Waals surface area contributed by atoms with Crippen LogP contribution in [0.3, 0.4) is 0 Å². The van der Waals surface area contributed by atoms with Crippen LogP contribution in [0.4, 0.5) is 0 Å². The number of nitrogens with one attached hydrogen (secondary N) is 1. The van der Waals surface area contributed by atoms with E-state index in [0.29, 0.717) is 5.92 Å². The summed E-state index contributed by atoms with van der Waals surface area (Å²) in [5.41, 5.74) is 5.12. The van der Waals surface area contributed by atoms with Crippen molar-refractivity contribution in [2.75, 3.05) is 0 Å². The van der Waals surface area contributed by atoms with Crippen molar-refractivity contribution < 1.29 is 0 Å². The van der Waals surface area contributed by atoms with Gasteiger partial charge in [-0.15, -0.1) is 0 Å². The molecule has 0 spiro atoms. The molecule has 58 valence electrons. The molecular formula is C8H16N2. The van der Waals surface area contributed by atoms with Gasteiger partial charge in [-0.25, -0.2) is 0 Å². The Bertz CT molecular complexity index is 127. The van der Waals surface area contributed by atoms with Gasteiger partial charge in [0.2, 0.25) is 0 Å². The highest BCUT2D eigenvalue weighted by atomic mass is 14.7. The van der Waals surface area contributed by atoms with Crippen LogP contribution in [0.25, 0.3) is 0 Å². The third kappa shape index (κ3) is 5.35. The van der Waals surface area contributed by atoms with Crippen LogP contribution in [-0.4, -0.2) is 5.84 Å². The highest BCUT2D eigenvalue weighted by molar-refractivity contribution is 5.88. The van der Waals surface area contributed by atoms with Crippen molar-refractivity contribution in [1.29, 1.82) is 5.41 Å². The summed E-state index contributed by atoms with van der Waals surface area (Å²) in [6.45, 7) is 4.34. The van der Waals surface area contributed by atoms with E-state index in [1.54, 1.807) is 6.08 Å². The summed E-state index contributed by atoms with van der Waals surface area (Å²) in [7, 11) is 0. The van der Waals surface area contributed by atoms with E-state index in [1.807, 2.05) is 6.08 Å². The number of nitrogens with two attached hydrogens (primary N) is 1. The smallest absolute Gasteiger partial charge is 0.114 e. The number of hydrogen-bond donors (Lipinski definition) is 2. The molecule has 0 aromatic carbocycles. The molecule has 0 radical (unpaired) electrons. The lowest BCUT2D eigenvalue weighted by Crippen LogP contribution is -2.04. The monoisotopic (exact) mass is 140 g/mol. The highest BCUT2D eigenvalue weighted by Crippen LogP contribution is 2.05. The van der Waals surface area contributed by atoms with Gasteiger partial charge in [-0.1, -0.05) is 26.3 Å². The zero-order valence-corrected chi connectivity index (χ0v) is 6.72. The summed E-state index contributed by atoms with van der Waals surface area (Å²) >= 11 is 0. The van der Waals surface area contributed by atoms with Crippen molar-refractivity contribution in [3.63, 3.8) is 0 Å². The topological polar surface area (TPSA) is 49.9 Å². The Hall–Kier alpha value is -0.790. The number of allylic oxidation sites excluding steroid dienone is 1. The molecule has 2 heteroatoms. The SMILES string of the molecule is CCC(C)C/C=C\C(=N)N. The highest BCUT2D eigenvalue weighted by Gasteiger charge is 1.92. The molecule has 1 unspecified atom stereocenters. The summed E-state index contributed by atoms with van der Waals surface area (Å²) in [6, 6.07) is 0. The van der Waals surface area contributed by atoms with Gasteiger partial charge in [-0.3, -0.25) is 5.41 Å². The van der Waals surface area contributed by atoms with E-state index >= 15 is 0 Å². The molecule has 2 nitrogen and oxygen atoms in total. The second-order valence-corrected chi connectivity index (χ2v) is 2.61. The largest absolute Gasteiger partial charge is 0.384 e. The van der Waals surface area contributed by atoms with Crippen LogP contribution in [0.15, 0.2) is 12.2 Å². The van der Waals surface area contributed by atoms with Crippen LogP contribution >= 0.6 is 0 Å². The maximum absolute atomic E-state index is 6.89. The number of amidine groups is 1. The Morgan fingerprint density at radius 2 is 2.30 bits per heavy atom. The minimum absolute atomic E-state index is 0.142. The van der Waals surface area contributed by atoms with Crippen LogP contribution in [0.2, 0.25) is 0 Å². The first kappa shape index (κ1) is 9.21. The van der Waals surface area contributed by atoms with E-state index in [0.717, 1.165) is 6.42 Å². The standard InChI is InChI=1S/C8H16N2/c1-3-7(2)5-4-6-8(9)10/h4,6-7H,3,5H2,1-2H3,(H3,9,10)/b6-4-. The van der Waals surface area contributed by atoms with E-state index in [-0.39, 0.29) is 5.84 Å². The van der Waals surface area contributed by atoms with E-state index in [1.165, 1.54) is 6.42 Å². The fourth-order valence-corrected chi connectivity index (χ4v) is 0.594. The number of rotatable bonds is 4. The summed E-state index contributed by atoms with van der Waals surface area (Å²) in [6.07, 6.45) is 5.81. The maximum Gasteiger partial charge on any atom is 0.114 e. The molecule has 0 amide bonds. The van der Waals surface area contributed by atoms with Crippen LogP contribution < -0.4 is 5.73 Å². The second kappa shape index (κ2) is 5.03. The first-order valence-electron chi connectivity index (χ1n) is 3.67. The molecule has 10 heavy (non-hydrogen) atoms. The fraction of sp³-hybridized carbons (Fsp3) is 0.625. The lowest BCUT2D eigenvalue weighted by molar-refractivity contribution is 0.572. The van der Waals surface area contributed by atoms with Crippen LogP contribution in [0.1, 0.15) is 26.7 Å². The predicted octanol–water partition coefficient (Wildman–Crippen LogP) is 1.91. The van der Waals surface area contributed by atoms with Gasteiger partial charge in [0.1, 0.15) is 5.84 Å². The Balaban J connectivity index is 3.43. The van der Waals surface area contributed by atoms with Gasteiger partial charge in [-0.05, 0) is 18.4 Å². The quantitative estimate of drug-likeness (QED) is 0.455. The van der Waals surface area contributed by atoms with Crippen LogP contribution in [-0.2, 0) is 0 Å². The summed E-state index contributed by atoms with van der Waals surface area (Å²) < 4.78 is 0. The van der Waals surface area contributed by atoms with Gasteiger partial charge in [-0.2, -0.15) is 0 Å². The Labute approximate surface area is 62.6 Å². The molecule has 0 saturated heterocycles. The van der Waals surface area contributed by atoms with Crippen molar-refractivity contribution in [3.05, 3.63) is 12.2 Å². The lowest BCUT2D eigenvalue weighted by atomic mass is 10.1. The van der Waals surface area contributed by atoms with E-state index in [2.05, 4.69) is 13.8 Å². The second-order valence-electron chi connectivity index (χ2n) is 2.61. The zero-order valence-electron chi connectivity index (χ0n) is 6.72. The summed E-state index contributed by atoms with van der Waals surface area (Å²) in [5.74, 6) is 0.846. The number of hydrogen-bond acceptors (Lipinski definition) is 1. The third-order valence-electron chi connectivity index (χ3n) is 1.53. The fourth-order valence-electron chi connectivity index (χ4n) is 0.594. The molecule has 0 saturated carbocycles. The minimum Gasteiger partial charge on any atom is -0.384 e. The molecule has 0 aliphatic heterocycles. The van der Waals surface area contributed by atoms with Gasteiger partial charge in [0.05, 0.1) is 0 Å². The van der Waals surface area contributed by atoms with E-state index < -0.39 is 0 Å². The zero-order chi connectivity index (χ0) is 7.98. The molecule has 0 rings (SSSR count). The first-order chi connectivity index (χ1) is 4.66. The molecule has 1 atom stereocenters. The predicted molar refractivity (Wildman–Crippen MR) is 45.1 cm³/mol. The normalized spacial score (nSPS) is 13.8. The molecule has 0 heterocycles. The van der Waals surface area contributed by atoms with Gasteiger partial charge >= 0.3 is 0 Å². The first-order valence-corrected chi connectivity index (χ1v) is 3.67. The molecule has 0 aromatic heterocycles. The minimum atomic E-state index is 0.142. The molecule has 0 aromatic rings. The Morgan fingerprint density at radius 1 is 1.70 bits per heavy atom. The lowest BCUT2D eigenvalue weighted by Gasteiger charge is -2.01. The molecule has 0 aliphatic rings. The Kier molecular flexibility index (Phi) is 4.63. The molecule has 0 fully saturated rings. The average molecular weight is 140 g/mol. The molecule has 0 aliphatic carbocycles. The van der Waals surface area contributed by atoms with Crippen LogP contribution in [0, 0.1) is 11.3 Å². The van der Waals surface area contributed by atoms with Crippen molar-refractivity contribution in [2.45, 2.75) is 26.7 Å². The van der Waals surface area contributed by atoms with Crippen molar-refractivity contribution in [2.24, 2.45) is 11.7 Å². The van der Waals surface area contributed by atoms with E-state index in [4.69, 9.17) is 11.1 Å². The van der Waals surface area contributed by atoms with Gasteiger partial charge < -0.3 is 5.73 Å². The van der Waals surface area contributed by atoms with E-state index in [9.17, 15) is 0 Å². The van der Waals surface area contributed by atoms with Crippen LogP contribution in [0.5, 0.6) is 0 Å².